The predicted octanol–water partition coefficient (Wildman–Crippen LogP) is 3.99. The van der Waals surface area contributed by atoms with Crippen LogP contribution in [0.3, 0.4) is 0 Å². The van der Waals surface area contributed by atoms with Crippen molar-refractivity contribution in [2.45, 2.75) is 6.61 Å². The number of aromatic nitrogens is 1. The number of nitro groups is 1. The average Bonchev–Trinajstić information content (AvgIpc) is 3.34. The molecule has 0 saturated carbocycles. The zero-order valence-corrected chi connectivity index (χ0v) is 14.8. The van der Waals surface area contributed by atoms with Gasteiger partial charge in [-0.05, 0) is 30.3 Å². The number of rotatable bonds is 5. The largest absolute Gasteiger partial charge is 0.455 e. The van der Waals surface area contributed by atoms with Gasteiger partial charge >= 0.3 is 5.97 Å². The summed E-state index contributed by atoms with van der Waals surface area (Å²) in [4.78, 5) is 22.6. The molecule has 1 aliphatic rings. The van der Waals surface area contributed by atoms with Gasteiger partial charge in [-0.3, -0.25) is 10.1 Å². The highest BCUT2D eigenvalue weighted by atomic mass is 35.5. The molecule has 1 aliphatic heterocycles. The van der Waals surface area contributed by atoms with Crippen molar-refractivity contribution in [3.05, 3.63) is 68.9 Å². The van der Waals surface area contributed by atoms with E-state index < -0.39 is 16.6 Å². The lowest BCUT2D eigenvalue weighted by Crippen LogP contribution is -2.08. The number of nitrogens with zero attached hydrogens (tertiary/aromatic N) is 2. The van der Waals surface area contributed by atoms with Crippen LogP contribution in [0.2, 0.25) is 5.02 Å². The highest BCUT2D eigenvalue weighted by Gasteiger charge is 2.22. The van der Waals surface area contributed by atoms with E-state index in [0.717, 1.165) is 6.07 Å². The fourth-order valence-electron chi connectivity index (χ4n) is 2.61. The molecule has 142 valence electrons. The SMILES string of the molecule is O=C(OCc1cc(-c2ccc3c(c2)OCO3)on1)c1cc(Cl)ccc1[N+](=O)[O-]. The molecule has 0 radical (unpaired) electrons. The van der Waals surface area contributed by atoms with Crippen molar-refractivity contribution in [1.82, 2.24) is 5.16 Å². The minimum absolute atomic E-state index is 0.159. The number of esters is 1. The molecule has 1 aromatic heterocycles. The van der Waals surface area contributed by atoms with E-state index in [1.54, 1.807) is 24.3 Å². The molecule has 2 aromatic carbocycles. The van der Waals surface area contributed by atoms with Crippen molar-refractivity contribution in [3.63, 3.8) is 0 Å². The molecule has 2 heterocycles. The first-order chi connectivity index (χ1) is 13.5. The molecule has 0 fully saturated rings. The third kappa shape index (κ3) is 3.47. The second-order valence-corrected chi connectivity index (χ2v) is 6.18. The first-order valence-corrected chi connectivity index (χ1v) is 8.36. The van der Waals surface area contributed by atoms with E-state index >= 15 is 0 Å². The highest BCUT2D eigenvalue weighted by Crippen LogP contribution is 2.36. The van der Waals surface area contributed by atoms with Gasteiger partial charge in [-0.25, -0.2) is 4.79 Å². The molecule has 0 aliphatic carbocycles. The normalized spacial score (nSPS) is 12.0. The molecular formula is C18H11ClN2O7. The van der Waals surface area contributed by atoms with Gasteiger partial charge in [0.15, 0.2) is 17.3 Å². The molecule has 28 heavy (non-hydrogen) atoms. The maximum atomic E-state index is 12.2. The van der Waals surface area contributed by atoms with Gasteiger partial charge in [0.1, 0.15) is 17.9 Å². The molecule has 0 bridgehead atoms. The summed E-state index contributed by atoms with van der Waals surface area (Å²) >= 11 is 5.82. The number of carbonyl (C=O) groups excluding carboxylic acids is 1. The summed E-state index contributed by atoms with van der Waals surface area (Å²) in [5.41, 5.74) is 0.415. The van der Waals surface area contributed by atoms with Crippen molar-refractivity contribution in [2.24, 2.45) is 0 Å². The Bertz CT molecular complexity index is 1080. The number of ether oxygens (including phenoxy) is 3. The molecular weight excluding hydrogens is 392 g/mol. The molecule has 0 N–H and O–H groups in total. The number of benzene rings is 2. The molecule has 0 amide bonds. The number of fused-ring (bicyclic) bond motifs is 1. The zero-order valence-electron chi connectivity index (χ0n) is 14.1. The number of nitro benzene ring substituents is 1. The van der Waals surface area contributed by atoms with Crippen LogP contribution in [0.5, 0.6) is 11.5 Å². The summed E-state index contributed by atoms with van der Waals surface area (Å²) in [6.07, 6.45) is 0. The molecule has 3 aromatic rings. The number of halogens is 1. The van der Waals surface area contributed by atoms with E-state index in [0.29, 0.717) is 28.5 Å². The first-order valence-electron chi connectivity index (χ1n) is 7.98. The zero-order chi connectivity index (χ0) is 19.7. The predicted molar refractivity (Wildman–Crippen MR) is 95.3 cm³/mol. The van der Waals surface area contributed by atoms with Crippen LogP contribution in [0.1, 0.15) is 16.1 Å². The van der Waals surface area contributed by atoms with Crippen molar-refractivity contribution >= 4 is 23.3 Å². The van der Waals surface area contributed by atoms with Crippen molar-refractivity contribution in [1.29, 1.82) is 0 Å². The minimum atomic E-state index is -0.887. The second-order valence-electron chi connectivity index (χ2n) is 5.75. The van der Waals surface area contributed by atoms with Crippen molar-refractivity contribution in [3.8, 4) is 22.8 Å². The summed E-state index contributed by atoms with van der Waals surface area (Å²) in [6.45, 7) is -0.0669. The molecule has 0 saturated heterocycles. The van der Waals surface area contributed by atoms with Gasteiger partial charge in [0.25, 0.3) is 5.69 Å². The fraction of sp³-hybridized carbons (Fsp3) is 0.111. The van der Waals surface area contributed by atoms with Crippen LogP contribution in [-0.4, -0.2) is 22.8 Å². The summed E-state index contributed by atoms with van der Waals surface area (Å²) in [6, 6.07) is 10.5. The van der Waals surface area contributed by atoms with E-state index in [-0.39, 0.29) is 24.0 Å². The lowest BCUT2D eigenvalue weighted by molar-refractivity contribution is -0.385. The Kier molecular flexibility index (Phi) is 4.58. The van der Waals surface area contributed by atoms with Gasteiger partial charge in [-0.1, -0.05) is 16.8 Å². The van der Waals surface area contributed by atoms with Crippen LogP contribution in [-0.2, 0) is 11.3 Å². The van der Waals surface area contributed by atoms with Crippen molar-refractivity contribution < 1.29 is 28.5 Å². The van der Waals surface area contributed by atoms with E-state index in [9.17, 15) is 14.9 Å². The Morgan fingerprint density at radius 3 is 2.82 bits per heavy atom. The molecule has 0 unspecified atom stereocenters. The quantitative estimate of drug-likeness (QED) is 0.357. The topological polar surface area (TPSA) is 114 Å². The Balaban J connectivity index is 1.47. The van der Waals surface area contributed by atoms with Gasteiger partial charge in [0.2, 0.25) is 6.79 Å². The maximum absolute atomic E-state index is 12.2. The fourth-order valence-corrected chi connectivity index (χ4v) is 2.79. The summed E-state index contributed by atoms with van der Waals surface area (Å²) in [5, 5.41) is 15.1. The lowest BCUT2D eigenvalue weighted by atomic mass is 10.1. The lowest BCUT2D eigenvalue weighted by Gasteiger charge is -2.04. The standard InChI is InChI=1S/C18H11ClN2O7/c19-11-2-3-14(21(23)24)13(6-11)18(22)25-8-12-7-16(28-20-12)10-1-4-15-17(5-10)27-9-26-15/h1-7H,8-9H2. The summed E-state index contributed by atoms with van der Waals surface area (Å²) < 4.78 is 20.9. The van der Waals surface area contributed by atoms with Gasteiger partial charge in [-0.2, -0.15) is 0 Å². The molecule has 0 atom stereocenters. The minimum Gasteiger partial charge on any atom is -0.455 e. The van der Waals surface area contributed by atoms with Crippen LogP contribution in [0.15, 0.2) is 47.0 Å². The first kappa shape index (κ1) is 17.8. The maximum Gasteiger partial charge on any atom is 0.345 e. The Labute approximate surface area is 162 Å². The molecule has 9 nitrogen and oxygen atoms in total. The number of hydrogen-bond donors (Lipinski definition) is 0. The Hall–Kier alpha value is -3.59. The van der Waals surface area contributed by atoms with Gasteiger partial charge < -0.3 is 18.7 Å². The van der Waals surface area contributed by atoms with E-state index in [1.807, 2.05) is 0 Å². The van der Waals surface area contributed by atoms with Crippen LogP contribution in [0.4, 0.5) is 5.69 Å². The van der Waals surface area contributed by atoms with Crippen molar-refractivity contribution in [2.75, 3.05) is 6.79 Å². The highest BCUT2D eigenvalue weighted by molar-refractivity contribution is 6.31. The number of hydrogen-bond acceptors (Lipinski definition) is 8. The van der Waals surface area contributed by atoms with Crippen LogP contribution >= 0.6 is 11.6 Å². The monoisotopic (exact) mass is 402 g/mol. The average molecular weight is 403 g/mol. The third-order valence-electron chi connectivity index (χ3n) is 3.94. The third-order valence-corrected chi connectivity index (χ3v) is 4.18. The Morgan fingerprint density at radius 1 is 1.18 bits per heavy atom. The Morgan fingerprint density at radius 2 is 2.00 bits per heavy atom. The van der Waals surface area contributed by atoms with Crippen LogP contribution in [0, 0.1) is 10.1 Å². The summed E-state index contributed by atoms with van der Waals surface area (Å²) in [5.74, 6) is 0.788. The molecule has 4 rings (SSSR count). The number of carbonyl (C=O) groups is 1. The van der Waals surface area contributed by atoms with E-state index in [4.69, 9.17) is 30.3 Å². The molecule has 0 spiro atoms. The van der Waals surface area contributed by atoms with E-state index in [1.165, 1.54) is 12.1 Å². The second kappa shape index (κ2) is 7.20. The summed E-state index contributed by atoms with van der Waals surface area (Å²) in [7, 11) is 0. The van der Waals surface area contributed by atoms with Gasteiger partial charge in [-0.15, -0.1) is 0 Å². The van der Waals surface area contributed by atoms with Crippen LogP contribution < -0.4 is 9.47 Å². The molecule has 10 heteroatoms. The van der Waals surface area contributed by atoms with Crippen LogP contribution in [0.25, 0.3) is 11.3 Å². The van der Waals surface area contributed by atoms with E-state index in [2.05, 4.69) is 5.16 Å². The smallest absolute Gasteiger partial charge is 0.345 e. The van der Waals surface area contributed by atoms with Gasteiger partial charge in [0.05, 0.1) is 4.92 Å². The van der Waals surface area contributed by atoms with Gasteiger partial charge in [0, 0.05) is 22.7 Å².